The number of ether oxygens (including phenoxy) is 2. The van der Waals surface area contributed by atoms with Gasteiger partial charge in [0.1, 0.15) is 17.8 Å². The largest absolute Gasteiger partial charge is 0.497 e. The maximum absolute atomic E-state index is 12.4. The van der Waals surface area contributed by atoms with Gasteiger partial charge in [-0.05, 0) is 30.2 Å². The van der Waals surface area contributed by atoms with Gasteiger partial charge in [-0.3, -0.25) is 20.2 Å². The van der Waals surface area contributed by atoms with Crippen LogP contribution >= 0.6 is 0 Å². The number of nitrogens with one attached hydrogen (secondary N) is 1. The summed E-state index contributed by atoms with van der Waals surface area (Å²) in [5, 5.41) is 15.1. The van der Waals surface area contributed by atoms with Crippen LogP contribution in [0.3, 0.4) is 0 Å². The third-order valence-corrected chi connectivity index (χ3v) is 5.06. The summed E-state index contributed by atoms with van der Waals surface area (Å²) in [5.41, 5.74) is 2.52. The van der Waals surface area contributed by atoms with Gasteiger partial charge in [-0.15, -0.1) is 0 Å². The maximum atomic E-state index is 12.4. The van der Waals surface area contributed by atoms with Crippen molar-refractivity contribution >= 4 is 5.97 Å². The smallest absolute Gasteiger partial charge is 0.323 e. The first-order chi connectivity index (χ1) is 13.0. The predicted molar refractivity (Wildman–Crippen MR) is 99.4 cm³/mol. The van der Waals surface area contributed by atoms with E-state index < -0.39 is 30.0 Å². The molecule has 0 amide bonds. The van der Waals surface area contributed by atoms with Crippen LogP contribution in [-0.4, -0.2) is 37.2 Å². The molecule has 0 aliphatic carbocycles. The summed E-state index contributed by atoms with van der Waals surface area (Å²) < 4.78 is 10.1. The molecule has 3 rings (SSSR count). The topological polar surface area (TPSA) is 90.7 Å². The van der Waals surface area contributed by atoms with Crippen LogP contribution in [0.15, 0.2) is 48.5 Å². The van der Waals surface area contributed by atoms with Crippen molar-refractivity contribution in [3.8, 4) is 5.75 Å². The van der Waals surface area contributed by atoms with Gasteiger partial charge in [0.15, 0.2) is 0 Å². The fourth-order valence-electron chi connectivity index (χ4n) is 3.68. The van der Waals surface area contributed by atoms with Gasteiger partial charge in [0, 0.05) is 4.92 Å². The van der Waals surface area contributed by atoms with Crippen LogP contribution in [0.4, 0.5) is 0 Å². The lowest BCUT2D eigenvalue weighted by molar-refractivity contribution is -0.527. The molecule has 0 bridgehead atoms. The second-order valence-electron chi connectivity index (χ2n) is 6.63. The fourth-order valence-corrected chi connectivity index (χ4v) is 3.68. The summed E-state index contributed by atoms with van der Waals surface area (Å²) in [5.74, 6) is -0.533. The quantitative estimate of drug-likeness (QED) is 0.494. The van der Waals surface area contributed by atoms with Crippen molar-refractivity contribution in [2.45, 2.75) is 31.0 Å². The molecule has 27 heavy (non-hydrogen) atoms. The summed E-state index contributed by atoms with van der Waals surface area (Å²) in [6, 6.07) is 12.1. The Hall–Kier alpha value is -2.93. The molecule has 1 aliphatic heterocycles. The summed E-state index contributed by atoms with van der Waals surface area (Å²) in [6.07, 6.45) is 0. The number of rotatable bonds is 5. The van der Waals surface area contributed by atoms with E-state index in [4.69, 9.17) is 9.47 Å². The second kappa shape index (κ2) is 7.75. The van der Waals surface area contributed by atoms with Crippen LogP contribution < -0.4 is 10.1 Å². The Bertz CT molecular complexity index is 819. The average Bonchev–Trinajstić information content (AvgIpc) is 3.09. The molecule has 7 nitrogen and oxygen atoms in total. The van der Waals surface area contributed by atoms with Crippen molar-refractivity contribution in [3.63, 3.8) is 0 Å². The molecular formula is C20H22N2O5. The van der Waals surface area contributed by atoms with Crippen LogP contribution in [-0.2, 0) is 9.53 Å². The van der Waals surface area contributed by atoms with Gasteiger partial charge in [-0.1, -0.05) is 42.0 Å². The number of hydrogen-bond acceptors (Lipinski definition) is 6. The first-order valence-corrected chi connectivity index (χ1v) is 8.64. The SMILES string of the molecule is COC(=O)[C@@H]1N[C@@H](c2ccc(C)cc2)[C@@H]([N+](=O)[O-])[C@@H]1c1ccc(OC)cc1. The Kier molecular flexibility index (Phi) is 5.41. The number of esters is 1. The van der Waals surface area contributed by atoms with Crippen LogP contribution in [0.2, 0.25) is 0 Å². The molecule has 4 atom stereocenters. The molecule has 142 valence electrons. The highest BCUT2D eigenvalue weighted by molar-refractivity contribution is 5.78. The summed E-state index contributed by atoms with van der Waals surface area (Å²) in [6.45, 7) is 1.95. The van der Waals surface area contributed by atoms with E-state index in [9.17, 15) is 14.9 Å². The molecule has 0 radical (unpaired) electrons. The lowest BCUT2D eigenvalue weighted by atomic mass is 9.85. The minimum Gasteiger partial charge on any atom is -0.497 e. The second-order valence-corrected chi connectivity index (χ2v) is 6.63. The highest BCUT2D eigenvalue weighted by Crippen LogP contribution is 2.41. The molecule has 7 heteroatoms. The van der Waals surface area contributed by atoms with Crippen molar-refractivity contribution in [3.05, 3.63) is 75.3 Å². The lowest BCUT2D eigenvalue weighted by Crippen LogP contribution is -2.37. The molecule has 0 spiro atoms. The zero-order valence-electron chi connectivity index (χ0n) is 15.4. The Morgan fingerprint density at radius 3 is 2.15 bits per heavy atom. The molecule has 2 aromatic carbocycles. The molecule has 1 saturated heterocycles. The first-order valence-electron chi connectivity index (χ1n) is 8.64. The zero-order valence-corrected chi connectivity index (χ0v) is 15.4. The van der Waals surface area contributed by atoms with Gasteiger partial charge in [0.25, 0.3) is 0 Å². The van der Waals surface area contributed by atoms with Crippen molar-refractivity contribution in [1.29, 1.82) is 0 Å². The van der Waals surface area contributed by atoms with Gasteiger partial charge in [0.2, 0.25) is 6.04 Å². The van der Waals surface area contributed by atoms with E-state index in [1.807, 2.05) is 31.2 Å². The number of benzene rings is 2. The highest BCUT2D eigenvalue weighted by atomic mass is 16.6. The third kappa shape index (κ3) is 3.64. The normalized spacial score (nSPS) is 24.4. The van der Waals surface area contributed by atoms with E-state index in [0.717, 1.165) is 11.1 Å². The standard InChI is InChI=1S/C20H22N2O5/c1-12-4-6-14(7-5-12)17-19(22(24)25)16(18(21-17)20(23)27-3)13-8-10-15(26-2)11-9-13/h4-11,16-19,21H,1-3H3/t16-,17+,18-,19+/m1/s1. The van der Waals surface area contributed by atoms with Crippen LogP contribution in [0.25, 0.3) is 0 Å². The Balaban J connectivity index is 2.06. The van der Waals surface area contributed by atoms with Crippen molar-refractivity contribution in [2.24, 2.45) is 0 Å². The number of nitro groups is 1. The zero-order chi connectivity index (χ0) is 19.6. The lowest BCUT2D eigenvalue weighted by Gasteiger charge is -2.19. The predicted octanol–water partition coefficient (Wildman–Crippen LogP) is 2.62. The van der Waals surface area contributed by atoms with E-state index in [1.54, 1.807) is 31.4 Å². The maximum Gasteiger partial charge on any atom is 0.323 e. The molecule has 0 unspecified atom stereocenters. The number of carbonyl (C=O) groups is 1. The Labute approximate surface area is 157 Å². The third-order valence-electron chi connectivity index (χ3n) is 5.06. The minimum absolute atomic E-state index is 0.310. The number of methoxy groups -OCH3 is 2. The summed E-state index contributed by atoms with van der Waals surface area (Å²) in [4.78, 5) is 24.1. The van der Waals surface area contributed by atoms with Gasteiger partial charge < -0.3 is 9.47 Å². The van der Waals surface area contributed by atoms with Crippen molar-refractivity contribution in [1.82, 2.24) is 5.32 Å². The molecule has 1 aliphatic rings. The van der Waals surface area contributed by atoms with Gasteiger partial charge in [-0.25, -0.2) is 0 Å². The molecular weight excluding hydrogens is 348 g/mol. The Morgan fingerprint density at radius 2 is 1.63 bits per heavy atom. The molecule has 2 aromatic rings. The highest BCUT2D eigenvalue weighted by Gasteiger charge is 2.54. The molecule has 0 saturated carbocycles. The van der Waals surface area contributed by atoms with E-state index in [2.05, 4.69) is 5.32 Å². The number of carbonyl (C=O) groups excluding carboxylic acids is 1. The molecule has 1 fully saturated rings. The van der Waals surface area contributed by atoms with E-state index in [0.29, 0.717) is 11.3 Å². The monoisotopic (exact) mass is 370 g/mol. The van der Waals surface area contributed by atoms with E-state index in [1.165, 1.54) is 7.11 Å². The summed E-state index contributed by atoms with van der Waals surface area (Å²) >= 11 is 0. The number of nitrogens with zero attached hydrogens (tertiary/aromatic N) is 1. The number of aryl methyl sites for hydroxylation is 1. The van der Waals surface area contributed by atoms with E-state index >= 15 is 0 Å². The van der Waals surface area contributed by atoms with Crippen molar-refractivity contribution < 1.29 is 19.2 Å². The van der Waals surface area contributed by atoms with Crippen LogP contribution in [0, 0.1) is 17.0 Å². The van der Waals surface area contributed by atoms with Crippen LogP contribution in [0.5, 0.6) is 5.75 Å². The molecule has 1 N–H and O–H groups in total. The van der Waals surface area contributed by atoms with Gasteiger partial charge >= 0.3 is 5.97 Å². The van der Waals surface area contributed by atoms with Gasteiger partial charge in [-0.2, -0.15) is 0 Å². The van der Waals surface area contributed by atoms with Crippen molar-refractivity contribution in [2.75, 3.05) is 14.2 Å². The molecule has 1 heterocycles. The fraction of sp³-hybridized carbons (Fsp3) is 0.350. The minimum atomic E-state index is -1.01. The average molecular weight is 370 g/mol. The number of hydrogen-bond donors (Lipinski definition) is 1. The van der Waals surface area contributed by atoms with E-state index in [-0.39, 0.29) is 4.92 Å². The molecule has 0 aromatic heterocycles. The Morgan fingerprint density at radius 1 is 1.04 bits per heavy atom. The summed E-state index contributed by atoms with van der Waals surface area (Å²) in [7, 11) is 2.84. The van der Waals surface area contributed by atoms with Crippen LogP contribution in [0.1, 0.15) is 28.7 Å². The van der Waals surface area contributed by atoms with Gasteiger partial charge in [0.05, 0.1) is 20.1 Å². The first kappa shape index (κ1) is 18.8.